The molecule has 0 aliphatic carbocycles. The highest BCUT2D eigenvalue weighted by Crippen LogP contribution is 2.17. The van der Waals surface area contributed by atoms with Crippen LogP contribution in [0.15, 0.2) is 18.3 Å². The van der Waals surface area contributed by atoms with Gasteiger partial charge in [0.1, 0.15) is 5.15 Å². The van der Waals surface area contributed by atoms with Gasteiger partial charge in [-0.05, 0) is 24.6 Å². The fourth-order valence-electron chi connectivity index (χ4n) is 1.37. The summed E-state index contributed by atoms with van der Waals surface area (Å²) in [6.45, 7) is 1.89. The maximum atomic E-state index is 10.8. The molecule has 1 N–H and O–H groups in total. The number of halogens is 1. The summed E-state index contributed by atoms with van der Waals surface area (Å²) in [5.74, 6) is -1.15. The number of hydrogen-bond donors (Lipinski definition) is 1. The lowest BCUT2D eigenvalue weighted by molar-refractivity contribution is 0.0683. The van der Waals surface area contributed by atoms with E-state index in [9.17, 15) is 4.79 Å². The van der Waals surface area contributed by atoms with Crippen molar-refractivity contribution in [2.75, 3.05) is 0 Å². The summed E-state index contributed by atoms with van der Waals surface area (Å²) < 4.78 is 1.40. The number of imidazole rings is 1. The van der Waals surface area contributed by atoms with Crippen molar-refractivity contribution >= 4 is 23.1 Å². The lowest BCUT2D eigenvalue weighted by Gasteiger charge is -2.01. The number of rotatable bonds is 1. The van der Waals surface area contributed by atoms with Crippen molar-refractivity contribution in [2.24, 2.45) is 0 Å². The second kappa shape index (κ2) is 2.99. The van der Waals surface area contributed by atoms with Gasteiger partial charge >= 0.3 is 5.97 Å². The van der Waals surface area contributed by atoms with Crippen molar-refractivity contribution in [3.05, 3.63) is 34.9 Å². The van der Waals surface area contributed by atoms with Gasteiger partial charge in [0, 0.05) is 0 Å². The Balaban J connectivity index is 2.85. The van der Waals surface area contributed by atoms with Crippen molar-refractivity contribution in [2.45, 2.75) is 6.92 Å². The van der Waals surface area contributed by atoms with E-state index in [1.165, 1.54) is 10.6 Å². The number of nitrogens with zero attached hydrogens (tertiary/aromatic N) is 2. The summed E-state index contributed by atoms with van der Waals surface area (Å²) >= 11 is 5.91. The molecule has 0 radical (unpaired) electrons. The predicted octanol–water partition coefficient (Wildman–Crippen LogP) is 1.99. The molecule has 0 aliphatic heterocycles. The Morgan fingerprint density at radius 1 is 1.57 bits per heavy atom. The summed E-state index contributed by atoms with van der Waals surface area (Å²) in [6, 6.07) is 3.52. The number of fused-ring (bicyclic) bond motifs is 1. The average Bonchev–Trinajstić information content (AvgIpc) is 2.47. The van der Waals surface area contributed by atoms with E-state index in [1.807, 2.05) is 13.0 Å². The number of aromatic nitrogens is 2. The minimum atomic E-state index is -1.09. The molecule has 5 heteroatoms. The Morgan fingerprint density at radius 2 is 2.29 bits per heavy atom. The molecule has 0 saturated carbocycles. The van der Waals surface area contributed by atoms with Gasteiger partial charge in [-0.2, -0.15) is 0 Å². The molecule has 14 heavy (non-hydrogen) atoms. The Bertz CT molecular complexity index is 519. The van der Waals surface area contributed by atoms with Crippen LogP contribution in [0.3, 0.4) is 0 Å². The van der Waals surface area contributed by atoms with E-state index in [0.29, 0.717) is 10.7 Å². The van der Waals surface area contributed by atoms with E-state index < -0.39 is 5.97 Å². The van der Waals surface area contributed by atoms with E-state index in [2.05, 4.69) is 4.98 Å². The third-order valence-corrected chi connectivity index (χ3v) is 2.19. The lowest BCUT2D eigenvalue weighted by atomic mass is 10.3. The molecule has 72 valence electrons. The monoisotopic (exact) mass is 210 g/mol. The maximum Gasteiger partial charge on any atom is 0.372 e. The second-order valence-electron chi connectivity index (χ2n) is 3.00. The molecule has 0 aliphatic rings. The smallest absolute Gasteiger partial charge is 0.372 e. The fourth-order valence-corrected chi connectivity index (χ4v) is 1.72. The van der Waals surface area contributed by atoms with Gasteiger partial charge in [0.05, 0.1) is 11.7 Å². The second-order valence-corrected chi connectivity index (χ2v) is 3.39. The van der Waals surface area contributed by atoms with Crippen LogP contribution in [0.25, 0.3) is 5.52 Å². The van der Waals surface area contributed by atoms with Crippen LogP contribution in [0.4, 0.5) is 0 Å². The molecule has 0 bridgehead atoms. The van der Waals surface area contributed by atoms with Crippen LogP contribution >= 0.6 is 11.6 Å². The van der Waals surface area contributed by atoms with Gasteiger partial charge in [-0.1, -0.05) is 11.6 Å². The number of carboxylic acids is 1. The average molecular weight is 211 g/mol. The fraction of sp³-hybridized carbons (Fsp3) is 0.111. The highest BCUT2D eigenvalue weighted by molar-refractivity contribution is 6.30. The first-order chi connectivity index (χ1) is 6.59. The van der Waals surface area contributed by atoms with E-state index in [4.69, 9.17) is 16.7 Å². The molecule has 4 nitrogen and oxygen atoms in total. The first-order valence-electron chi connectivity index (χ1n) is 3.96. The van der Waals surface area contributed by atoms with Crippen molar-refractivity contribution in [3.8, 4) is 0 Å². The van der Waals surface area contributed by atoms with Crippen LogP contribution in [0.2, 0.25) is 5.15 Å². The topological polar surface area (TPSA) is 54.6 Å². The molecular weight excluding hydrogens is 204 g/mol. The highest BCUT2D eigenvalue weighted by Gasteiger charge is 2.13. The molecule has 2 heterocycles. The van der Waals surface area contributed by atoms with Crippen molar-refractivity contribution in [1.82, 2.24) is 9.38 Å². The molecule has 0 amide bonds. The largest absolute Gasteiger partial charge is 0.475 e. The zero-order valence-electron chi connectivity index (χ0n) is 7.36. The van der Waals surface area contributed by atoms with Crippen LogP contribution in [-0.2, 0) is 0 Å². The number of carbonyl (C=O) groups is 1. The Kier molecular flexibility index (Phi) is 1.93. The molecular formula is C9H7ClN2O2. The third-order valence-electron chi connectivity index (χ3n) is 1.92. The van der Waals surface area contributed by atoms with Crippen molar-refractivity contribution in [1.29, 1.82) is 0 Å². The molecule has 2 rings (SSSR count). The first kappa shape index (κ1) is 9.02. The van der Waals surface area contributed by atoms with Crippen LogP contribution < -0.4 is 0 Å². The standard InChI is InChI=1S/C9H7ClN2O2/c1-5-2-6-4-11-8(9(13)14)12(6)7(10)3-5/h2-4H,1H3,(H,13,14). The molecule has 2 aromatic heterocycles. The third kappa shape index (κ3) is 1.24. The molecule has 2 aromatic rings. The van der Waals surface area contributed by atoms with Crippen LogP contribution in [-0.4, -0.2) is 20.5 Å². The predicted molar refractivity (Wildman–Crippen MR) is 51.9 cm³/mol. The van der Waals surface area contributed by atoms with Gasteiger partial charge in [-0.25, -0.2) is 9.78 Å². The summed E-state index contributed by atoms with van der Waals surface area (Å²) in [5.41, 5.74) is 1.66. The Hall–Kier alpha value is -1.55. The zero-order valence-corrected chi connectivity index (χ0v) is 8.12. The molecule has 0 fully saturated rings. The zero-order chi connectivity index (χ0) is 10.3. The van der Waals surface area contributed by atoms with E-state index >= 15 is 0 Å². The van der Waals surface area contributed by atoms with Gasteiger partial charge in [0.15, 0.2) is 0 Å². The van der Waals surface area contributed by atoms with Crippen LogP contribution in [0.5, 0.6) is 0 Å². The number of hydrogen-bond acceptors (Lipinski definition) is 2. The number of pyridine rings is 1. The SMILES string of the molecule is Cc1cc(Cl)n2c(C(=O)O)ncc2c1. The van der Waals surface area contributed by atoms with Crippen LogP contribution in [0.1, 0.15) is 16.2 Å². The minimum absolute atomic E-state index is 0.0648. The number of aromatic carboxylic acids is 1. The quantitative estimate of drug-likeness (QED) is 0.733. The summed E-state index contributed by atoms with van der Waals surface area (Å²) in [7, 11) is 0. The molecule has 0 atom stereocenters. The Morgan fingerprint density at radius 3 is 2.93 bits per heavy atom. The Labute approximate surface area is 84.8 Å². The van der Waals surface area contributed by atoms with Crippen molar-refractivity contribution in [3.63, 3.8) is 0 Å². The van der Waals surface area contributed by atoms with Gasteiger partial charge in [-0.3, -0.25) is 4.40 Å². The highest BCUT2D eigenvalue weighted by atomic mass is 35.5. The summed E-state index contributed by atoms with van der Waals surface area (Å²) in [4.78, 5) is 14.5. The van der Waals surface area contributed by atoms with Crippen LogP contribution in [0, 0.1) is 6.92 Å². The molecule has 0 unspecified atom stereocenters. The first-order valence-corrected chi connectivity index (χ1v) is 4.34. The maximum absolute atomic E-state index is 10.8. The van der Waals surface area contributed by atoms with E-state index in [0.717, 1.165) is 5.56 Å². The van der Waals surface area contributed by atoms with E-state index in [-0.39, 0.29) is 5.82 Å². The molecule has 0 aromatic carbocycles. The normalized spacial score (nSPS) is 10.7. The summed E-state index contributed by atoms with van der Waals surface area (Å²) in [6.07, 6.45) is 1.49. The van der Waals surface area contributed by atoms with Gasteiger partial charge in [0.25, 0.3) is 0 Å². The molecule has 0 saturated heterocycles. The van der Waals surface area contributed by atoms with Crippen molar-refractivity contribution < 1.29 is 9.90 Å². The minimum Gasteiger partial charge on any atom is -0.475 e. The summed E-state index contributed by atoms with van der Waals surface area (Å²) in [5, 5.41) is 9.18. The lowest BCUT2D eigenvalue weighted by Crippen LogP contribution is -2.04. The van der Waals surface area contributed by atoms with E-state index in [1.54, 1.807) is 6.07 Å². The molecule has 0 spiro atoms. The number of aryl methyl sites for hydroxylation is 1. The van der Waals surface area contributed by atoms with Gasteiger partial charge in [0.2, 0.25) is 5.82 Å². The van der Waals surface area contributed by atoms with Gasteiger partial charge in [-0.15, -0.1) is 0 Å². The van der Waals surface area contributed by atoms with Gasteiger partial charge < -0.3 is 5.11 Å². The number of carboxylic acid groups (broad SMARTS) is 1.